The normalized spacial score (nSPS) is 11.8. The van der Waals surface area contributed by atoms with Crippen molar-refractivity contribution in [3.8, 4) is 0 Å². The lowest BCUT2D eigenvalue weighted by molar-refractivity contribution is -0.116. The number of carbonyl (C=O) groups excluding carboxylic acids is 2. The van der Waals surface area contributed by atoms with Gasteiger partial charge in [-0.2, -0.15) is 0 Å². The lowest BCUT2D eigenvalue weighted by Crippen LogP contribution is -2.16. The fraction of sp³-hybridized carbons (Fsp3) is 0.467. The van der Waals surface area contributed by atoms with Gasteiger partial charge in [0.25, 0.3) is 0 Å². The summed E-state index contributed by atoms with van der Waals surface area (Å²) in [5.74, 6) is -0.0664. The van der Waals surface area contributed by atoms with E-state index in [-0.39, 0.29) is 11.9 Å². The monoisotopic (exact) mass is 278 g/mol. The Hall–Kier alpha value is -1.88. The lowest BCUT2D eigenvalue weighted by Gasteiger charge is -2.09. The zero-order valence-corrected chi connectivity index (χ0v) is 12.0. The molecule has 1 aromatic carbocycles. The first-order valence-corrected chi connectivity index (χ1v) is 6.84. The van der Waals surface area contributed by atoms with Gasteiger partial charge in [0.1, 0.15) is 0 Å². The molecule has 0 aromatic heterocycles. The van der Waals surface area contributed by atoms with Crippen molar-refractivity contribution in [1.82, 2.24) is 0 Å². The second-order valence-corrected chi connectivity index (χ2v) is 4.73. The topological polar surface area (TPSA) is 81.4 Å². The summed E-state index contributed by atoms with van der Waals surface area (Å²) in [4.78, 5) is 23.2. The van der Waals surface area contributed by atoms with E-state index in [0.29, 0.717) is 36.7 Å². The first-order chi connectivity index (χ1) is 9.56. The molecule has 5 heteroatoms. The Kier molecular flexibility index (Phi) is 6.73. The Balaban J connectivity index is 2.48. The van der Waals surface area contributed by atoms with Crippen LogP contribution in [0, 0.1) is 5.92 Å². The molecule has 1 unspecified atom stereocenters. The zero-order valence-electron chi connectivity index (χ0n) is 12.0. The highest BCUT2D eigenvalue weighted by Gasteiger charge is 2.08. The molecule has 0 radical (unpaired) electrons. The van der Waals surface area contributed by atoms with Crippen molar-refractivity contribution in [3.63, 3.8) is 0 Å². The number of anilines is 1. The lowest BCUT2D eigenvalue weighted by atomic mass is 10.1. The standard InChI is InChI=1S/C15H22N2O3/c1-3-20-15(19)12-5-7-13(8-6-12)17-14(18)9-4-11(2)10-16/h5-8,11H,3-4,9-10,16H2,1-2H3,(H,17,18). The van der Waals surface area contributed by atoms with E-state index in [1.807, 2.05) is 6.92 Å². The number of nitrogens with one attached hydrogen (secondary N) is 1. The molecular formula is C15H22N2O3. The molecule has 0 aliphatic carbocycles. The Labute approximate surface area is 119 Å². The van der Waals surface area contributed by atoms with Crippen LogP contribution in [0.2, 0.25) is 0 Å². The number of nitrogens with two attached hydrogens (primary N) is 1. The Morgan fingerprint density at radius 3 is 2.50 bits per heavy atom. The average Bonchev–Trinajstić information content (AvgIpc) is 2.45. The maximum atomic E-state index is 11.7. The van der Waals surface area contributed by atoms with Crippen LogP contribution in [0.4, 0.5) is 5.69 Å². The van der Waals surface area contributed by atoms with E-state index in [0.717, 1.165) is 6.42 Å². The molecule has 0 fully saturated rings. The fourth-order valence-corrected chi connectivity index (χ4v) is 1.62. The number of esters is 1. The van der Waals surface area contributed by atoms with Gasteiger partial charge in [-0.15, -0.1) is 0 Å². The van der Waals surface area contributed by atoms with E-state index in [2.05, 4.69) is 5.32 Å². The molecule has 5 nitrogen and oxygen atoms in total. The quantitative estimate of drug-likeness (QED) is 0.749. The maximum Gasteiger partial charge on any atom is 0.338 e. The third kappa shape index (κ3) is 5.40. The molecule has 0 saturated carbocycles. The second kappa shape index (κ2) is 8.32. The first kappa shape index (κ1) is 16.2. The number of rotatable bonds is 7. The number of amides is 1. The van der Waals surface area contributed by atoms with Gasteiger partial charge in [0.2, 0.25) is 5.91 Å². The Morgan fingerprint density at radius 1 is 1.30 bits per heavy atom. The molecule has 0 heterocycles. The van der Waals surface area contributed by atoms with Crippen molar-refractivity contribution in [2.24, 2.45) is 11.7 Å². The number of hydrogen-bond acceptors (Lipinski definition) is 4. The fourth-order valence-electron chi connectivity index (χ4n) is 1.62. The van der Waals surface area contributed by atoms with Crippen LogP contribution in [0.3, 0.4) is 0 Å². The summed E-state index contributed by atoms with van der Waals surface area (Å²) >= 11 is 0. The van der Waals surface area contributed by atoms with Gasteiger partial charge in [0, 0.05) is 12.1 Å². The van der Waals surface area contributed by atoms with E-state index in [1.54, 1.807) is 31.2 Å². The zero-order chi connectivity index (χ0) is 15.0. The van der Waals surface area contributed by atoms with Crippen LogP contribution in [-0.4, -0.2) is 25.0 Å². The summed E-state index contributed by atoms with van der Waals surface area (Å²) in [6, 6.07) is 6.65. The number of carbonyl (C=O) groups is 2. The molecule has 0 saturated heterocycles. The molecular weight excluding hydrogens is 256 g/mol. The maximum absolute atomic E-state index is 11.7. The summed E-state index contributed by atoms with van der Waals surface area (Å²) in [5.41, 5.74) is 6.65. The molecule has 0 bridgehead atoms. The Bertz CT molecular complexity index is 443. The van der Waals surface area contributed by atoms with Gasteiger partial charge < -0.3 is 15.8 Å². The van der Waals surface area contributed by atoms with Crippen molar-refractivity contribution in [1.29, 1.82) is 0 Å². The smallest absolute Gasteiger partial charge is 0.338 e. The van der Waals surface area contributed by atoms with E-state index < -0.39 is 0 Å². The van der Waals surface area contributed by atoms with Crippen molar-refractivity contribution in [3.05, 3.63) is 29.8 Å². The van der Waals surface area contributed by atoms with Crippen LogP contribution < -0.4 is 11.1 Å². The molecule has 3 N–H and O–H groups in total. The first-order valence-electron chi connectivity index (χ1n) is 6.84. The summed E-state index contributed by atoms with van der Waals surface area (Å²) < 4.78 is 4.89. The van der Waals surface area contributed by atoms with Crippen LogP contribution in [0.1, 0.15) is 37.0 Å². The van der Waals surface area contributed by atoms with Crippen molar-refractivity contribution in [2.75, 3.05) is 18.5 Å². The molecule has 110 valence electrons. The molecule has 0 spiro atoms. The van der Waals surface area contributed by atoms with Crippen LogP contribution >= 0.6 is 0 Å². The van der Waals surface area contributed by atoms with Gasteiger partial charge in [-0.05, 0) is 50.1 Å². The van der Waals surface area contributed by atoms with Crippen molar-refractivity contribution in [2.45, 2.75) is 26.7 Å². The highest BCUT2D eigenvalue weighted by Crippen LogP contribution is 2.12. The Morgan fingerprint density at radius 2 is 1.95 bits per heavy atom. The van der Waals surface area contributed by atoms with Crippen LogP contribution in [0.5, 0.6) is 0 Å². The van der Waals surface area contributed by atoms with E-state index >= 15 is 0 Å². The molecule has 1 aromatic rings. The minimum absolute atomic E-state index is 0.0471. The molecule has 1 rings (SSSR count). The predicted octanol–water partition coefficient (Wildman–Crippen LogP) is 2.18. The third-order valence-corrected chi connectivity index (χ3v) is 2.95. The largest absolute Gasteiger partial charge is 0.462 e. The van der Waals surface area contributed by atoms with Crippen LogP contribution in [0.15, 0.2) is 24.3 Å². The second-order valence-electron chi connectivity index (χ2n) is 4.73. The van der Waals surface area contributed by atoms with Gasteiger partial charge >= 0.3 is 5.97 Å². The van der Waals surface area contributed by atoms with E-state index in [9.17, 15) is 9.59 Å². The molecule has 20 heavy (non-hydrogen) atoms. The summed E-state index contributed by atoms with van der Waals surface area (Å²) in [6.45, 7) is 4.70. The summed E-state index contributed by atoms with van der Waals surface area (Å²) in [7, 11) is 0. The molecule has 1 atom stereocenters. The third-order valence-electron chi connectivity index (χ3n) is 2.95. The number of hydrogen-bond donors (Lipinski definition) is 2. The highest BCUT2D eigenvalue weighted by molar-refractivity contribution is 5.93. The average molecular weight is 278 g/mol. The summed E-state index contributed by atoms with van der Waals surface area (Å²) in [6.07, 6.45) is 1.21. The van der Waals surface area contributed by atoms with Crippen LogP contribution in [0.25, 0.3) is 0 Å². The van der Waals surface area contributed by atoms with Gasteiger partial charge in [-0.3, -0.25) is 4.79 Å². The van der Waals surface area contributed by atoms with Crippen LogP contribution in [-0.2, 0) is 9.53 Å². The minimum Gasteiger partial charge on any atom is -0.462 e. The number of benzene rings is 1. The van der Waals surface area contributed by atoms with Crippen molar-refractivity contribution < 1.29 is 14.3 Å². The van der Waals surface area contributed by atoms with Gasteiger partial charge in [0.05, 0.1) is 12.2 Å². The SMILES string of the molecule is CCOC(=O)c1ccc(NC(=O)CCC(C)CN)cc1. The predicted molar refractivity (Wildman–Crippen MR) is 78.5 cm³/mol. The van der Waals surface area contributed by atoms with Crippen molar-refractivity contribution >= 4 is 17.6 Å². The summed E-state index contributed by atoms with van der Waals surface area (Å²) in [5, 5.41) is 2.79. The number of ether oxygens (including phenoxy) is 1. The minimum atomic E-state index is -0.359. The van der Waals surface area contributed by atoms with E-state index in [4.69, 9.17) is 10.5 Å². The molecule has 0 aliphatic rings. The highest BCUT2D eigenvalue weighted by atomic mass is 16.5. The van der Waals surface area contributed by atoms with Gasteiger partial charge in [0.15, 0.2) is 0 Å². The van der Waals surface area contributed by atoms with E-state index in [1.165, 1.54) is 0 Å². The molecule has 0 aliphatic heterocycles. The van der Waals surface area contributed by atoms with Gasteiger partial charge in [-0.1, -0.05) is 6.92 Å². The van der Waals surface area contributed by atoms with Gasteiger partial charge in [-0.25, -0.2) is 4.79 Å². The molecule has 1 amide bonds.